The largest absolute Gasteiger partial charge is 0.478 e. The molecule has 5 rings (SSSR count). The summed E-state index contributed by atoms with van der Waals surface area (Å²) in [5.74, 6) is 0.575. The molecule has 0 aromatic heterocycles. The molecule has 4 nitrogen and oxygen atoms in total. The van der Waals surface area contributed by atoms with Crippen LogP contribution in [0.4, 0.5) is 10.1 Å². The highest BCUT2D eigenvalue weighted by Gasteiger charge is 2.59. The summed E-state index contributed by atoms with van der Waals surface area (Å²) in [6.07, 6.45) is 10.2. The summed E-state index contributed by atoms with van der Waals surface area (Å²) >= 11 is 0. The van der Waals surface area contributed by atoms with Gasteiger partial charge in [0, 0.05) is 18.2 Å². The lowest BCUT2D eigenvalue weighted by atomic mass is 9.47. The van der Waals surface area contributed by atoms with E-state index in [1.54, 1.807) is 6.07 Å². The second-order valence-electron chi connectivity index (χ2n) is 10.8. The average Bonchev–Trinajstić information content (AvgIpc) is 3.06. The van der Waals surface area contributed by atoms with Gasteiger partial charge in [-0.3, -0.25) is 4.79 Å². The molecule has 1 aromatic carbocycles. The van der Waals surface area contributed by atoms with Gasteiger partial charge < -0.3 is 10.4 Å². The molecule has 0 aliphatic heterocycles. The molecule has 6 atom stereocenters. The van der Waals surface area contributed by atoms with Gasteiger partial charge in [-0.05, 0) is 97.8 Å². The van der Waals surface area contributed by atoms with Crippen molar-refractivity contribution in [2.24, 2.45) is 28.6 Å². The van der Waals surface area contributed by atoms with Gasteiger partial charge in [0.25, 0.3) is 0 Å². The lowest BCUT2D eigenvalue weighted by Gasteiger charge is -2.58. The van der Waals surface area contributed by atoms with Crippen molar-refractivity contribution in [3.63, 3.8) is 0 Å². The molecule has 4 aliphatic rings. The Bertz CT molecular complexity index is 971. The van der Waals surface area contributed by atoms with Crippen LogP contribution in [0, 0.1) is 34.4 Å². The highest BCUT2D eigenvalue weighted by molar-refractivity contribution is 5.94. The van der Waals surface area contributed by atoms with E-state index < -0.39 is 11.8 Å². The van der Waals surface area contributed by atoms with E-state index in [2.05, 4.69) is 19.2 Å². The second-order valence-corrected chi connectivity index (χ2v) is 10.8. The Balaban J connectivity index is 1.41. The maximum absolute atomic E-state index is 13.6. The van der Waals surface area contributed by atoms with Crippen LogP contribution in [0.15, 0.2) is 29.8 Å². The predicted octanol–water partition coefficient (Wildman–Crippen LogP) is 5.84. The Hall–Kier alpha value is -2.17. The normalized spacial score (nSPS) is 39.2. The van der Waals surface area contributed by atoms with E-state index in [1.807, 2.05) is 6.08 Å². The molecule has 1 aromatic rings. The summed E-state index contributed by atoms with van der Waals surface area (Å²) in [7, 11) is 0. The van der Waals surface area contributed by atoms with Crippen LogP contribution in [0.5, 0.6) is 0 Å². The molecule has 1 unspecified atom stereocenters. The number of ketones is 1. The summed E-state index contributed by atoms with van der Waals surface area (Å²) in [5, 5.41) is 13.1. The molecule has 4 aliphatic carbocycles. The first-order valence-electron chi connectivity index (χ1n) is 11.8. The van der Waals surface area contributed by atoms with E-state index in [-0.39, 0.29) is 22.4 Å². The van der Waals surface area contributed by atoms with Crippen molar-refractivity contribution < 1.29 is 19.1 Å². The molecular formula is C26H32FNO3. The zero-order valence-corrected chi connectivity index (χ0v) is 18.4. The first-order chi connectivity index (χ1) is 14.7. The first-order valence-corrected chi connectivity index (χ1v) is 11.8. The first kappa shape index (κ1) is 20.7. The number of carboxylic acids is 1. The Labute approximate surface area is 183 Å². The van der Waals surface area contributed by atoms with Crippen LogP contribution in [-0.2, 0) is 4.79 Å². The lowest BCUT2D eigenvalue weighted by molar-refractivity contribution is -0.117. The minimum Gasteiger partial charge on any atom is -0.478 e. The molecular weight excluding hydrogens is 393 g/mol. The van der Waals surface area contributed by atoms with E-state index in [4.69, 9.17) is 0 Å². The lowest BCUT2D eigenvalue weighted by Crippen LogP contribution is -2.52. The topological polar surface area (TPSA) is 66.4 Å². The quantitative estimate of drug-likeness (QED) is 0.639. The monoisotopic (exact) mass is 425 g/mol. The number of anilines is 1. The van der Waals surface area contributed by atoms with Gasteiger partial charge in [0.2, 0.25) is 0 Å². The number of halogens is 1. The summed E-state index contributed by atoms with van der Waals surface area (Å²) in [6.45, 7) is 4.77. The van der Waals surface area contributed by atoms with Gasteiger partial charge in [0.05, 0.1) is 5.56 Å². The van der Waals surface area contributed by atoms with Gasteiger partial charge in [0.1, 0.15) is 5.82 Å². The number of hydrogen-bond donors (Lipinski definition) is 2. The number of rotatable bonds is 3. The highest BCUT2D eigenvalue weighted by Crippen LogP contribution is 2.65. The fourth-order valence-electron chi connectivity index (χ4n) is 7.80. The number of carbonyl (C=O) groups is 2. The predicted molar refractivity (Wildman–Crippen MR) is 117 cm³/mol. The van der Waals surface area contributed by atoms with Crippen molar-refractivity contribution in [2.45, 2.75) is 71.3 Å². The SMILES string of the molecule is C[C@]12CCC(=O)C=C1CC[C@@H]1[C@@H]2CC[C@]2(C)C(Nc3ccc(F)cc3C(=O)O)CC[C@@H]12. The molecule has 5 heteroatoms. The van der Waals surface area contributed by atoms with Crippen molar-refractivity contribution in [3.8, 4) is 0 Å². The zero-order valence-electron chi connectivity index (χ0n) is 18.4. The third kappa shape index (κ3) is 3.15. The van der Waals surface area contributed by atoms with Crippen LogP contribution >= 0.6 is 0 Å². The van der Waals surface area contributed by atoms with Crippen LogP contribution in [0.3, 0.4) is 0 Å². The maximum Gasteiger partial charge on any atom is 0.337 e. The summed E-state index contributed by atoms with van der Waals surface area (Å²) in [4.78, 5) is 23.7. The number of aromatic carboxylic acids is 1. The Morgan fingerprint density at radius 2 is 1.90 bits per heavy atom. The minimum atomic E-state index is -1.10. The third-order valence-corrected chi connectivity index (χ3v) is 9.50. The number of nitrogens with one attached hydrogen (secondary N) is 1. The molecule has 166 valence electrons. The van der Waals surface area contributed by atoms with Crippen molar-refractivity contribution in [2.75, 3.05) is 5.32 Å². The number of carbonyl (C=O) groups excluding carboxylic acids is 1. The zero-order chi connectivity index (χ0) is 22.0. The fraction of sp³-hybridized carbons (Fsp3) is 0.615. The molecule has 2 N–H and O–H groups in total. The molecule has 0 radical (unpaired) electrons. The number of benzene rings is 1. The van der Waals surface area contributed by atoms with Crippen LogP contribution in [-0.4, -0.2) is 22.9 Å². The Morgan fingerprint density at radius 1 is 1.10 bits per heavy atom. The molecule has 0 saturated heterocycles. The fourth-order valence-corrected chi connectivity index (χ4v) is 7.80. The summed E-state index contributed by atoms with van der Waals surface area (Å²) < 4.78 is 13.6. The third-order valence-electron chi connectivity index (χ3n) is 9.50. The van der Waals surface area contributed by atoms with Crippen molar-refractivity contribution in [1.29, 1.82) is 0 Å². The average molecular weight is 426 g/mol. The minimum absolute atomic E-state index is 0.00700. The maximum atomic E-state index is 13.6. The second kappa shape index (κ2) is 7.18. The number of hydrogen-bond acceptors (Lipinski definition) is 3. The van der Waals surface area contributed by atoms with Crippen molar-refractivity contribution in [1.82, 2.24) is 0 Å². The van der Waals surface area contributed by atoms with Gasteiger partial charge >= 0.3 is 5.97 Å². The Morgan fingerprint density at radius 3 is 2.68 bits per heavy atom. The van der Waals surface area contributed by atoms with E-state index in [1.165, 1.54) is 11.6 Å². The Kier molecular flexibility index (Phi) is 4.80. The van der Waals surface area contributed by atoms with Crippen LogP contribution in [0.1, 0.15) is 75.6 Å². The molecule has 0 amide bonds. The van der Waals surface area contributed by atoms with Crippen molar-refractivity contribution >= 4 is 17.4 Å². The molecule has 3 saturated carbocycles. The number of fused-ring (bicyclic) bond motifs is 5. The van der Waals surface area contributed by atoms with E-state index in [9.17, 15) is 19.1 Å². The molecule has 0 heterocycles. The standard InChI is InChI=1S/C26H32FNO3/c1-25-11-9-17(29)13-15(25)3-5-18-20-6-8-23(26(20,2)12-10-21(18)25)28-22-7-4-16(27)14-19(22)24(30)31/h4,7,13-14,18,20-21,23,28H,3,5-6,8-12H2,1-2H3,(H,30,31)/t18-,20-,21-,23?,25-,26-/m0/s1. The van der Waals surface area contributed by atoms with E-state index in [0.29, 0.717) is 35.6 Å². The highest BCUT2D eigenvalue weighted by atomic mass is 19.1. The summed E-state index contributed by atoms with van der Waals surface area (Å²) in [5.41, 5.74) is 2.19. The van der Waals surface area contributed by atoms with Crippen LogP contribution < -0.4 is 5.32 Å². The van der Waals surface area contributed by atoms with Gasteiger partial charge in [-0.15, -0.1) is 0 Å². The van der Waals surface area contributed by atoms with Crippen LogP contribution in [0.2, 0.25) is 0 Å². The number of carboxylic acid groups (broad SMARTS) is 1. The van der Waals surface area contributed by atoms with Gasteiger partial charge in [-0.25, -0.2) is 9.18 Å². The number of allylic oxidation sites excluding steroid dienone is 1. The summed E-state index contributed by atoms with van der Waals surface area (Å²) in [6, 6.07) is 4.20. The van der Waals surface area contributed by atoms with Crippen LogP contribution in [0.25, 0.3) is 0 Å². The van der Waals surface area contributed by atoms with Crippen molar-refractivity contribution in [3.05, 3.63) is 41.2 Å². The smallest absolute Gasteiger partial charge is 0.337 e. The molecule has 0 spiro atoms. The van der Waals surface area contributed by atoms with Gasteiger partial charge in [-0.1, -0.05) is 19.4 Å². The molecule has 0 bridgehead atoms. The van der Waals surface area contributed by atoms with Gasteiger partial charge in [0.15, 0.2) is 5.78 Å². The molecule has 31 heavy (non-hydrogen) atoms. The van der Waals surface area contributed by atoms with E-state index in [0.717, 1.165) is 51.0 Å². The van der Waals surface area contributed by atoms with Gasteiger partial charge in [-0.2, -0.15) is 0 Å². The molecule has 3 fully saturated rings. The van der Waals surface area contributed by atoms with E-state index >= 15 is 0 Å².